The van der Waals surface area contributed by atoms with Crippen molar-refractivity contribution in [2.75, 3.05) is 0 Å². The van der Waals surface area contributed by atoms with E-state index in [9.17, 15) is 0 Å². The van der Waals surface area contributed by atoms with Gasteiger partial charge in [0.05, 0.1) is 16.7 Å². The molecule has 11 rings (SSSR count). The number of rotatable bonds is 4. The van der Waals surface area contributed by atoms with Crippen molar-refractivity contribution in [3.8, 4) is 39.9 Å². The number of fused-ring (bicyclic) bond motifs is 9. The van der Waals surface area contributed by atoms with E-state index >= 15 is 0 Å². The molecule has 0 amide bonds. The van der Waals surface area contributed by atoms with Gasteiger partial charge in [-0.25, -0.2) is 15.0 Å². The van der Waals surface area contributed by atoms with Crippen molar-refractivity contribution >= 4 is 75.3 Å². The van der Waals surface area contributed by atoms with Gasteiger partial charge in [-0.1, -0.05) is 97.1 Å². The monoisotopic (exact) mass is 670 g/mol. The molecule has 0 atom stereocenters. The molecule has 0 aliphatic rings. The van der Waals surface area contributed by atoms with Gasteiger partial charge in [0.1, 0.15) is 11.2 Å². The van der Waals surface area contributed by atoms with Gasteiger partial charge in [0.25, 0.3) is 0 Å². The largest absolute Gasteiger partial charge is 0.456 e. The van der Waals surface area contributed by atoms with Crippen molar-refractivity contribution in [3.63, 3.8) is 0 Å². The molecule has 0 N–H and O–H groups in total. The van der Waals surface area contributed by atoms with Crippen LogP contribution in [0.4, 0.5) is 0 Å². The molecule has 0 saturated carbocycles. The molecule has 4 heterocycles. The Balaban J connectivity index is 1.21. The Morgan fingerprint density at radius 1 is 0.431 bits per heavy atom. The highest BCUT2D eigenvalue weighted by molar-refractivity contribution is 7.25. The number of benzene rings is 7. The summed E-state index contributed by atoms with van der Waals surface area (Å²) < 4.78 is 11.1. The molecule has 5 nitrogen and oxygen atoms in total. The minimum absolute atomic E-state index is 0.597. The predicted molar refractivity (Wildman–Crippen MR) is 211 cm³/mol. The molecule has 11 aromatic rings. The average Bonchev–Trinajstić information content (AvgIpc) is 3.87. The number of furan rings is 1. The summed E-state index contributed by atoms with van der Waals surface area (Å²) in [5.74, 6) is 1.82. The molecule has 7 aromatic carbocycles. The fraction of sp³-hybridized carbons (Fsp3) is 0. The van der Waals surface area contributed by atoms with E-state index in [0.29, 0.717) is 17.5 Å². The third-order valence-electron chi connectivity index (χ3n) is 9.88. The van der Waals surface area contributed by atoms with E-state index in [0.717, 1.165) is 55.3 Å². The van der Waals surface area contributed by atoms with Crippen molar-refractivity contribution in [2.24, 2.45) is 0 Å². The van der Waals surface area contributed by atoms with Crippen LogP contribution in [0.25, 0.3) is 104 Å². The predicted octanol–water partition coefficient (Wildman–Crippen LogP) is 12.2. The van der Waals surface area contributed by atoms with Crippen molar-refractivity contribution in [1.82, 2.24) is 19.5 Å². The molecule has 6 heteroatoms. The molecule has 0 radical (unpaired) electrons. The lowest BCUT2D eigenvalue weighted by Gasteiger charge is -2.14. The summed E-state index contributed by atoms with van der Waals surface area (Å²) in [6.45, 7) is 0. The van der Waals surface area contributed by atoms with Crippen LogP contribution in [0, 0.1) is 0 Å². The second-order valence-corrected chi connectivity index (χ2v) is 13.9. The van der Waals surface area contributed by atoms with Gasteiger partial charge >= 0.3 is 0 Å². The highest BCUT2D eigenvalue weighted by atomic mass is 32.1. The molecular weight excluding hydrogens is 645 g/mol. The smallest absolute Gasteiger partial charge is 0.166 e. The number of para-hydroxylation sites is 4. The average molecular weight is 671 g/mol. The van der Waals surface area contributed by atoms with Gasteiger partial charge in [-0.15, -0.1) is 11.3 Å². The van der Waals surface area contributed by atoms with E-state index in [2.05, 4.69) is 132 Å². The maximum atomic E-state index is 6.30. The number of hydrogen-bond donors (Lipinski definition) is 0. The molecular formula is C45H26N4OS. The Bertz CT molecular complexity index is 3120. The first kappa shape index (κ1) is 28.2. The molecule has 0 bridgehead atoms. The first-order chi connectivity index (χ1) is 25.3. The van der Waals surface area contributed by atoms with Gasteiger partial charge in [-0.3, -0.25) is 0 Å². The van der Waals surface area contributed by atoms with Crippen LogP contribution in [0.5, 0.6) is 0 Å². The topological polar surface area (TPSA) is 56.7 Å². The fourth-order valence-corrected chi connectivity index (χ4v) is 8.70. The minimum Gasteiger partial charge on any atom is -0.456 e. The summed E-state index contributed by atoms with van der Waals surface area (Å²) in [6.07, 6.45) is 0. The van der Waals surface area contributed by atoms with Crippen LogP contribution in [-0.4, -0.2) is 19.5 Å². The maximum absolute atomic E-state index is 6.30. The lowest BCUT2D eigenvalue weighted by Crippen LogP contribution is -2.03. The normalized spacial score (nSPS) is 11.9. The number of hydrogen-bond acceptors (Lipinski definition) is 5. The lowest BCUT2D eigenvalue weighted by atomic mass is 10.0. The van der Waals surface area contributed by atoms with Crippen molar-refractivity contribution < 1.29 is 4.42 Å². The van der Waals surface area contributed by atoms with E-state index in [1.165, 1.54) is 30.9 Å². The Kier molecular flexibility index (Phi) is 6.05. The summed E-state index contributed by atoms with van der Waals surface area (Å²) in [7, 11) is 0. The van der Waals surface area contributed by atoms with E-state index in [-0.39, 0.29) is 0 Å². The molecule has 0 saturated heterocycles. The van der Waals surface area contributed by atoms with Crippen molar-refractivity contribution in [3.05, 3.63) is 158 Å². The van der Waals surface area contributed by atoms with Crippen LogP contribution in [0.3, 0.4) is 0 Å². The van der Waals surface area contributed by atoms with Crippen LogP contribution in [0.1, 0.15) is 0 Å². The van der Waals surface area contributed by atoms with Crippen LogP contribution >= 0.6 is 11.3 Å². The summed E-state index contributed by atoms with van der Waals surface area (Å²) >= 11 is 1.80. The molecule has 0 spiro atoms. The van der Waals surface area contributed by atoms with Gasteiger partial charge in [0.15, 0.2) is 17.5 Å². The van der Waals surface area contributed by atoms with Gasteiger partial charge in [-0.2, -0.15) is 0 Å². The first-order valence-corrected chi connectivity index (χ1v) is 17.8. The minimum atomic E-state index is 0.597. The zero-order valence-corrected chi connectivity index (χ0v) is 27.9. The van der Waals surface area contributed by atoms with Crippen LogP contribution in [-0.2, 0) is 0 Å². The van der Waals surface area contributed by atoms with Gasteiger partial charge in [-0.05, 0) is 60.7 Å². The maximum Gasteiger partial charge on any atom is 0.166 e. The summed E-state index contributed by atoms with van der Waals surface area (Å²) in [5, 5.41) is 6.87. The highest BCUT2D eigenvalue weighted by Gasteiger charge is 2.21. The number of thiophene rings is 1. The van der Waals surface area contributed by atoms with Gasteiger partial charge in [0.2, 0.25) is 0 Å². The van der Waals surface area contributed by atoms with E-state index in [4.69, 9.17) is 19.4 Å². The third kappa shape index (κ3) is 4.30. The molecule has 238 valence electrons. The first-order valence-electron chi connectivity index (χ1n) is 16.9. The lowest BCUT2D eigenvalue weighted by molar-refractivity contribution is 0.669. The molecule has 0 unspecified atom stereocenters. The summed E-state index contributed by atoms with van der Waals surface area (Å²) in [4.78, 5) is 15.8. The number of nitrogens with zero attached hydrogens (tertiary/aromatic N) is 4. The quantitative estimate of drug-likeness (QED) is 0.187. The zero-order valence-electron chi connectivity index (χ0n) is 27.1. The zero-order chi connectivity index (χ0) is 33.5. The van der Waals surface area contributed by atoms with Gasteiger partial charge in [0, 0.05) is 58.4 Å². The fourth-order valence-electron chi connectivity index (χ4n) is 7.61. The van der Waals surface area contributed by atoms with E-state index in [1.54, 1.807) is 11.3 Å². The third-order valence-corrected chi connectivity index (χ3v) is 11.0. The Labute approximate surface area is 295 Å². The van der Waals surface area contributed by atoms with Crippen LogP contribution in [0.15, 0.2) is 162 Å². The van der Waals surface area contributed by atoms with Crippen molar-refractivity contribution in [1.29, 1.82) is 0 Å². The highest BCUT2D eigenvalue weighted by Crippen LogP contribution is 2.40. The number of aromatic nitrogens is 4. The second-order valence-electron chi connectivity index (χ2n) is 12.8. The summed E-state index contributed by atoms with van der Waals surface area (Å²) in [5.41, 5.74) is 7.66. The second kappa shape index (κ2) is 10.9. The van der Waals surface area contributed by atoms with Crippen LogP contribution in [0.2, 0.25) is 0 Å². The van der Waals surface area contributed by atoms with E-state index < -0.39 is 0 Å². The molecule has 51 heavy (non-hydrogen) atoms. The van der Waals surface area contributed by atoms with E-state index in [1.807, 2.05) is 30.3 Å². The summed E-state index contributed by atoms with van der Waals surface area (Å²) in [6, 6.07) is 54.9. The van der Waals surface area contributed by atoms with Gasteiger partial charge < -0.3 is 8.98 Å². The molecule has 0 fully saturated rings. The standard InChI is InChI=1S/C45H26N4OS/c1-6-18-35-28(12-1)29-13-2-7-19-36(29)49(35)37-20-8-3-15-31(37)44-46-43(27-24-25-41-34(26-27)30-14-5-10-23-40(30)51-41)47-45(48-44)33-17-11-22-39-42(33)32-16-4-9-21-38(32)50-39/h1-26H. The SMILES string of the molecule is c1ccc(-n2c3ccccc3c3ccccc32)c(-c2nc(-c3ccc4sc5ccccc5c4c3)nc(-c3cccc4oc5ccccc5c34)n2)c1. The van der Waals surface area contributed by atoms with Crippen LogP contribution < -0.4 is 0 Å². The van der Waals surface area contributed by atoms with Crippen molar-refractivity contribution in [2.45, 2.75) is 0 Å². The Morgan fingerprint density at radius 2 is 1.02 bits per heavy atom. The Hall–Kier alpha value is -6.63. The molecule has 4 aromatic heterocycles. The molecule has 0 aliphatic heterocycles. The molecule has 0 aliphatic carbocycles. The Morgan fingerprint density at radius 3 is 1.84 bits per heavy atom.